The predicted octanol–water partition coefficient (Wildman–Crippen LogP) is 18.8. The van der Waals surface area contributed by atoms with E-state index in [-0.39, 0.29) is 31.1 Å². The maximum Gasteiger partial charge on any atom is 0.306 e. The summed E-state index contributed by atoms with van der Waals surface area (Å²) in [7, 11) is 0. The third-order valence-electron chi connectivity index (χ3n) is 11.9. The fourth-order valence-corrected chi connectivity index (χ4v) is 7.63. The van der Waals surface area contributed by atoms with Crippen molar-refractivity contribution in [1.29, 1.82) is 0 Å². The van der Waals surface area contributed by atoms with Crippen LogP contribution in [0.4, 0.5) is 0 Å². The maximum absolute atomic E-state index is 12.8. The largest absolute Gasteiger partial charge is 0.462 e. The molecular weight excluding hydrogens is 829 g/mol. The number of carbonyl (C=O) groups excluding carboxylic acids is 3. The van der Waals surface area contributed by atoms with E-state index in [1.165, 1.54) is 103 Å². The zero-order valence-corrected chi connectivity index (χ0v) is 43.9. The Morgan fingerprint density at radius 2 is 0.582 bits per heavy atom. The van der Waals surface area contributed by atoms with E-state index in [9.17, 15) is 14.4 Å². The number of hydrogen-bond acceptors (Lipinski definition) is 6. The second-order valence-electron chi connectivity index (χ2n) is 18.5. The molecule has 0 aliphatic carbocycles. The average Bonchev–Trinajstić information content (AvgIpc) is 3.33. The number of carbonyl (C=O) groups is 3. The van der Waals surface area contributed by atoms with Gasteiger partial charge in [-0.2, -0.15) is 0 Å². The van der Waals surface area contributed by atoms with Crippen molar-refractivity contribution in [1.82, 2.24) is 0 Å². The Bertz CT molecular complexity index is 1300. The molecule has 0 fully saturated rings. The van der Waals surface area contributed by atoms with E-state index in [0.29, 0.717) is 19.3 Å². The van der Waals surface area contributed by atoms with E-state index in [4.69, 9.17) is 14.2 Å². The molecule has 0 bridgehead atoms. The van der Waals surface area contributed by atoms with Crippen LogP contribution in [0.15, 0.2) is 85.1 Å². The first-order chi connectivity index (χ1) is 33.0. The Morgan fingerprint density at radius 1 is 0.313 bits per heavy atom. The second-order valence-corrected chi connectivity index (χ2v) is 18.5. The topological polar surface area (TPSA) is 78.9 Å². The summed E-state index contributed by atoms with van der Waals surface area (Å²) in [5, 5.41) is 0. The van der Waals surface area contributed by atoms with Gasteiger partial charge in [0.2, 0.25) is 0 Å². The molecule has 0 saturated carbocycles. The van der Waals surface area contributed by atoms with Crippen LogP contribution in [-0.2, 0) is 28.6 Å². The van der Waals surface area contributed by atoms with Gasteiger partial charge in [-0.05, 0) is 116 Å². The summed E-state index contributed by atoms with van der Waals surface area (Å²) >= 11 is 0. The van der Waals surface area contributed by atoms with Crippen molar-refractivity contribution in [3.8, 4) is 0 Å². The molecule has 0 rings (SSSR count). The molecule has 0 radical (unpaired) electrons. The van der Waals surface area contributed by atoms with Gasteiger partial charge in [0.25, 0.3) is 0 Å². The highest BCUT2D eigenvalue weighted by Crippen LogP contribution is 2.14. The Hall–Kier alpha value is -3.41. The molecular formula is C61H104O6. The van der Waals surface area contributed by atoms with Gasteiger partial charge in [0.15, 0.2) is 6.10 Å². The number of hydrogen-bond donors (Lipinski definition) is 0. The van der Waals surface area contributed by atoms with Crippen LogP contribution in [0, 0.1) is 0 Å². The minimum atomic E-state index is -0.795. The molecule has 0 spiro atoms. The maximum atomic E-state index is 12.8. The van der Waals surface area contributed by atoms with E-state index in [1.807, 2.05) is 0 Å². The molecule has 1 atom stereocenters. The lowest BCUT2D eigenvalue weighted by molar-refractivity contribution is -0.167. The zero-order chi connectivity index (χ0) is 48.6. The fourth-order valence-electron chi connectivity index (χ4n) is 7.63. The summed E-state index contributed by atoms with van der Waals surface area (Å²) in [5.74, 6) is -0.928. The normalized spacial score (nSPS) is 12.7. The van der Waals surface area contributed by atoms with Gasteiger partial charge in [0, 0.05) is 19.3 Å². The van der Waals surface area contributed by atoms with Crippen molar-refractivity contribution in [3.05, 3.63) is 85.1 Å². The molecule has 6 nitrogen and oxygen atoms in total. The Labute approximate surface area is 414 Å². The molecule has 0 aromatic rings. The van der Waals surface area contributed by atoms with Gasteiger partial charge in [0.05, 0.1) is 0 Å². The van der Waals surface area contributed by atoms with Gasteiger partial charge < -0.3 is 14.2 Å². The summed E-state index contributed by atoms with van der Waals surface area (Å²) in [4.78, 5) is 38.1. The van der Waals surface area contributed by atoms with E-state index in [2.05, 4.69) is 106 Å². The lowest BCUT2D eigenvalue weighted by atomic mass is 10.1. The smallest absolute Gasteiger partial charge is 0.306 e. The Kier molecular flexibility index (Phi) is 52.4. The van der Waals surface area contributed by atoms with Crippen molar-refractivity contribution in [3.63, 3.8) is 0 Å². The van der Waals surface area contributed by atoms with Crippen LogP contribution < -0.4 is 0 Å². The summed E-state index contributed by atoms with van der Waals surface area (Å²) in [5.41, 5.74) is 0. The molecule has 0 aliphatic rings. The molecule has 0 heterocycles. The van der Waals surface area contributed by atoms with Crippen LogP contribution in [0.3, 0.4) is 0 Å². The first kappa shape index (κ1) is 63.6. The van der Waals surface area contributed by atoms with E-state index >= 15 is 0 Å². The Balaban J connectivity index is 4.41. The van der Waals surface area contributed by atoms with Crippen molar-refractivity contribution in [2.24, 2.45) is 0 Å². The molecule has 0 saturated heterocycles. The number of unbranched alkanes of at least 4 members (excludes halogenated alkanes) is 25. The third-order valence-corrected chi connectivity index (χ3v) is 11.9. The van der Waals surface area contributed by atoms with E-state index in [0.717, 1.165) is 122 Å². The third kappa shape index (κ3) is 53.4. The highest BCUT2D eigenvalue weighted by Gasteiger charge is 2.19. The minimum Gasteiger partial charge on any atom is -0.462 e. The first-order valence-electron chi connectivity index (χ1n) is 28.1. The summed E-state index contributed by atoms with van der Waals surface area (Å²) < 4.78 is 16.8. The van der Waals surface area contributed by atoms with Crippen LogP contribution in [0.1, 0.15) is 265 Å². The number of allylic oxidation sites excluding steroid dienone is 14. The zero-order valence-electron chi connectivity index (χ0n) is 43.9. The molecule has 0 aromatic carbocycles. The van der Waals surface area contributed by atoms with Crippen LogP contribution in [0.25, 0.3) is 0 Å². The molecule has 0 aliphatic heterocycles. The predicted molar refractivity (Wildman–Crippen MR) is 288 cm³/mol. The van der Waals surface area contributed by atoms with Crippen molar-refractivity contribution in [2.45, 2.75) is 271 Å². The molecule has 384 valence electrons. The van der Waals surface area contributed by atoms with Gasteiger partial charge in [-0.3, -0.25) is 14.4 Å². The molecule has 6 heteroatoms. The lowest BCUT2D eigenvalue weighted by Crippen LogP contribution is -2.30. The monoisotopic (exact) mass is 933 g/mol. The molecule has 0 aromatic heterocycles. The quantitative estimate of drug-likeness (QED) is 0.0262. The standard InChI is InChI=1S/C61H104O6/c1-4-7-10-13-16-19-22-25-27-28-29-30-31-32-34-36-39-42-45-48-51-54-60(63)66-57-58(56-65-59(62)53-50-47-44-41-38-35-24-21-18-15-12-9-6-3)67-61(64)55-52-49-46-43-40-37-33-26-23-20-17-14-11-8-5-2/h8,11,17,20-22,24-26,28-29,31-33,58H,4-7,9-10,12-16,18-19,23,27,30,34-57H2,1-3H3/b11-8-,20-17-,24-21-,25-22-,29-28-,32-31-,33-26-. The van der Waals surface area contributed by atoms with E-state index < -0.39 is 6.10 Å². The van der Waals surface area contributed by atoms with Gasteiger partial charge >= 0.3 is 17.9 Å². The minimum absolute atomic E-state index is 0.0926. The number of ether oxygens (including phenoxy) is 3. The van der Waals surface area contributed by atoms with Gasteiger partial charge in [-0.25, -0.2) is 0 Å². The highest BCUT2D eigenvalue weighted by atomic mass is 16.6. The number of esters is 3. The van der Waals surface area contributed by atoms with Crippen LogP contribution in [0.2, 0.25) is 0 Å². The molecule has 0 N–H and O–H groups in total. The SMILES string of the molecule is CC/C=C\C/C=C\C/C=C\CCCCCCCC(=O)OC(COC(=O)CCCCCCC/C=C\CCCCCC)COC(=O)CCCCCCCC/C=C\C/C=C\C/C=C\CCCCCCC. The highest BCUT2D eigenvalue weighted by molar-refractivity contribution is 5.71. The van der Waals surface area contributed by atoms with Crippen molar-refractivity contribution >= 4 is 17.9 Å². The van der Waals surface area contributed by atoms with Gasteiger partial charge in [-0.15, -0.1) is 0 Å². The molecule has 1 unspecified atom stereocenters. The molecule has 67 heavy (non-hydrogen) atoms. The first-order valence-corrected chi connectivity index (χ1v) is 28.1. The molecule has 0 amide bonds. The fraction of sp³-hybridized carbons (Fsp3) is 0.721. The van der Waals surface area contributed by atoms with Crippen molar-refractivity contribution < 1.29 is 28.6 Å². The van der Waals surface area contributed by atoms with Gasteiger partial charge in [0.1, 0.15) is 13.2 Å². The summed E-state index contributed by atoms with van der Waals surface area (Å²) in [6, 6.07) is 0. The average molecular weight is 933 g/mol. The van der Waals surface area contributed by atoms with Crippen LogP contribution in [0.5, 0.6) is 0 Å². The summed E-state index contributed by atoms with van der Waals surface area (Å²) in [6.07, 6.45) is 71.4. The van der Waals surface area contributed by atoms with Crippen molar-refractivity contribution in [2.75, 3.05) is 13.2 Å². The Morgan fingerprint density at radius 3 is 0.940 bits per heavy atom. The van der Waals surface area contributed by atoms with Crippen LogP contribution >= 0.6 is 0 Å². The lowest BCUT2D eigenvalue weighted by Gasteiger charge is -2.18. The second kappa shape index (κ2) is 55.2. The summed E-state index contributed by atoms with van der Waals surface area (Å²) in [6.45, 7) is 6.47. The number of rotatable bonds is 50. The van der Waals surface area contributed by atoms with Gasteiger partial charge in [-0.1, -0.05) is 215 Å². The van der Waals surface area contributed by atoms with E-state index in [1.54, 1.807) is 0 Å². The van der Waals surface area contributed by atoms with Crippen LogP contribution in [-0.4, -0.2) is 37.2 Å².